The monoisotopic (exact) mass is 404 g/mol. The van der Waals surface area contributed by atoms with Gasteiger partial charge in [-0.25, -0.2) is 10.1 Å². The van der Waals surface area contributed by atoms with Gasteiger partial charge in [0.05, 0.1) is 11.1 Å². The maximum atomic E-state index is 13.0. The third-order valence-corrected chi connectivity index (χ3v) is 5.46. The van der Waals surface area contributed by atoms with Gasteiger partial charge in [-0.05, 0) is 55.9 Å². The summed E-state index contributed by atoms with van der Waals surface area (Å²) < 4.78 is 1.33. The summed E-state index contributed by atoms with van der Waals surface area (Å²) in [5.41, 5.74) is 6.06. The van der Waals surface area contributed by atoms with E-state index in [1.54, 1.807) is 30.3 Å². The molecule has 30 heavy (non-hydrogen) atoms. The van der Waals surface area contributed by atoms with Crippen molar-refractivity contribution < 1.29 is 9.90 Å². The van der Waals surface area contributed by atoms with E-state index in [2.05, 4.69) is 15.6 Å². The van der Waals surface area contributed by atoms with Crippen molar-refractivity contribution in [3.05, 3.63) is 69.1 Å². The van der Waals surface area contributed by atoms with Gasteiger partial charge in [0.25, 0.3) is 11.5 Å². The van der Waals surface area contributed by atoms with E-state index in [1.165, 1.54) is 4.68 Å². The average Bonchev–Trinajstić information content (AvgIpc) is 2.76. The SMILES string of the molecule is CCCn1nc(C(=O)N/N=C2\CCCc3c(C)ccc(O)c32)c2ccccc2c1=O. The minimum Gasteiger partial charge on any atom is -0.507 e. The lowest BCUT2D eigenvalue weighted by Crippen LogP contribution is -2.29. The van der Waals surface area contributed by atoms with Crippen LogP contribution in [0.15, 0.2) is 46.3 Å². The lowest BCUT2D eigenvalue weighted by atomic mass is 9.86. The summed E-state index contributed by atoms with van der Waals surface area (Å²) in [6, 6.07) is 10.5. The fraction of sp³-hybridized carbons (Fsp3) is 0.304. The van der Waals surface area contributed by atoms with Crippen LogP contribution in [0, 0.1) is 6.92 Å². The molecule has 7 nitrogen and oxygen atoms in total. The van der Waals surface area contributed by atoms with Gasteiger partial charge in [-0.3, -0.25) is 9.59 Å². The molecule has 0 radical (unpaired) electrons. The highest BCUT2D eigenvalue weighted by Crippen LogP contribution is 2.31. The fourth-order valence-electron chi connectivity index (χ4n) is 3.99. The van der Waals surface area contributed by atoms with Crippen LogP contribution in [0.2, 0.25) is 0 Å². The van der Waals surface area contributed by atoms with E-state index in [0.717, 1.165) is 30.4 Å². The zero-order chi connectivity index (χ0) is 21.3. The standard InChI is InChI=1S/C23H24N4O3/c1-3-13-27-23(30)17-8-5-4-7-16(17)21(26-27)22(29)25-24-18-10-6-9-15-14(2)11-12-19(28)20(15)18/h4-5,7-8,11-12,28H,3,6,9-10,13H2,1-2H3,(H,25,29)/b24-18+. The molecule has 2 aromatic carbocycles. The second-order valence-electron chi connectivity index (χ2n) is 7.53. The first-order chi connectivity index (χ1) is 14.5. The third-order valence-electron chi connectivity index (χ3n) is 5.46. The Kier molecular flexibility index (Phi) is 5.35. The number of amides is 1. The van der Waals surface area contributed by atoms with Gasteiger partial charge in [0.15, 0.2) is 5.69 Å². The summed E-state index contributed by atoms with van der Waals surface area (Å²) in [6.45, 7) is 4.38. The van der Waals surface area contributed by atoms with Crippen LogP contribution in [0.3, 0.4) is 0 Å². The predicted molar refractivity (Wildman–Crippen MR) is 116 cm³/mol. The second kappa shape index (κ2) is 8.10. The maximum Gasteiger partial charge on any atom is 0.292 e. The number of aromatic nitrogens is 2. The summed E-state index contributed by atoms with van der Waals surface area (Å²) in [5, 5.41) is 19.9. The van der Waals surface area contributed by atoms with Crippen LogP contribution >= 0.6 is 0 Å². The molecule has 1 aromatic heterocycles. The van der Waals surface area contributed by atoms with Crippen molar-refractivity contribution in [1.29, 1.82) is 0 Å². The van der Waals surface area contributed by atoms with Gasteiger partial charge in [-0.15, -0.1) is 0 Å². The largest absolute Gasteiger partial charge is 0.507 e. The van der Waals surface area contributed by atoms with Crippen LogP contribution in [-0.2, 0) is 13.0 Å². The summed E-state index contributed by atoms with van der Waals surface area (Å²) >= 11 is 0. The molecule has 7 heteroatoms. The molecule has 3 aromatic rings. The molecule has 4 rings (SSSR count). The number of hydrogen-bond acceptors (Lipinski definition) is 5. The Balaban J connectivity index is 1.73. The molecule has 1 heterocycles. The Morgan fingerprint density at radius 1 is 1.20 bits per heavy atom. The predicted octanol–water partition coefficient (Wildman–Crippen LogP) is 3.29. The van der Waals surface area contributed by atoms with Gasteiger partial charge < -0.3 is 5.11 Å². The normalized spacial score (nSPS) is 14.7. The number of phenols is 1. The third kappa shape index (κ3) is 3.47. The molecule has 0 atom stereocenters. The number of phenolic OH excluding ortho intramolecular Hbond substituents is 1. The van der Waals surface area contributed by atoms with E-state index in [0.29, 0.717) is 35.0 Å². The molecule has 2 N–H and O–H groups in total. The summed E-state index contributed by atoms with van der Waals surface area (Å²) in [4.78, 5) is 25.6. The first kappa shape index (κ1) is 19.8. The number of carbonyl (C=O) groups excluding carboxylic acids is 1. The fourth-order valence-corrected chi connectivity index (χ4v) is 3.99. The maximum absolute atomic E-state index is 13.0. The van der Waals surface area contributed by atoms with Crippen LogP contribution in [0.25, 0.3) is 10.8 Å². The van der Waals surface area contributed by atoms with Gasteiger partial charge in [0.2, 0.25) is 0 Å². The summed E-state index contributed by atoms with van der Waals surface area (Å²) in [6.07, 6.45) is 3.16. The van der Waals surface area contributed by atoms with Crippen LogP contribution in [-0.4, -0.2) is 26.5 Å². The smallest absolute Gasteiger partial charge is 0.292 e. The van der Waals surface area contributed by atoms with E-state index in [4.69, 9.17) is 0 Å². The van der Waals surface area contributed by atoms with Gasteiger partial charge in [-0.2, -0.15) is 10.2 Å². The van der Waals surface area contributed by atoms with Gasteiger partial charge in [0, 0.05) is 17.5 Å². The molecule has 1 aliphatic rings. The van der Waals surface area contributed by atoms with Gasteiger partial charge >= 0.3 is 0 Å². The van der Waals surface area contributed by atoms with Crippen molar-refractivity contribution in [2.24, 2.45) is 5.10 Å². The Morgan fingerprint density at radius 3 is 2.73 bits per heavy atom. The van der Waals surface area contributed by atoms with E-state index in [-0.39, 0.29) is 17.0 Å². The molecule has 1 aliphatic carbocycles. The molecule has 0 aliphatic heterocycles. The summed E-state index contributed by atoms with van der Waals surface area (Å²) in [5.74, 6) is -0.314. The zero-order valence-electron chi connectivity index (χ0n) is 17.1. The van der Waals surface area contributed by atoms with E-state index in [1.807, 2.05) is 19.9 Å². The first-order valence-corrected chi connectivity index (χ1v) is 10.2. The van der Waals surface area contributed by atoms with E-state index >= 15 is 0 Å². The van der Waals surface area contributed by atoms with Crippen LogP contribution < -0.4 is 11.0 Å². The molecule has 0 spiro atoms. The van der Waals surface area contributed by atoms with E-state index in [9.17, 15) is 14.7 Å². The summed E-state index contributed by atoms with van der Waals surface area (Å²) in [7, 11) is 0. The Hall–Kier alpha value is -3.48. The molecule has 0 unspecified atom stereocenters. The molecule has 0 saturated carbocycles. The Labute approximate surface area is 174 Å². The minimum absolute atomic E-state index is 0.160. The number of aromatic hydroxyl groups is 1. The number of carbonyl (C=O) groups is 1. The lowest BCUT2D eigenvalue weighted by Gasteiger charge is -2.21. The number of benzene rings is 2. The van der Waals surface area contributed by atoms with Crippen LogP contribution in [0.4, 0.5) is 0 Å². The Bertz CT molecular complexity index is 1230. The van der Waals surface area contributed by atoms with Crippen molar-refractivity contribution in [3.63, 3.8) is 0 Å². The number of hydrazone groups is 1. The number of rotatable bonds is 4. The van der Waals surface area contributed by atoms with Crippen LogP contribution in [0.1, 0.15) is 53.4 Å². The van der Waals surface area contributed by atoms with Crippen molar-refractivity contribution in [3.8, 4) is 5.75 Å². The molecule has 0 saturated heterocycles. The highest BCUT2D eigenvalue weighted by atomic mass is 16.3. The highest BCUT2D eigenvalue weighted by molar-refractivity contribution is 6.08. The molecule has 1 amide bonds. The Morgan fingerprint density at radius 2 is 1.97 bits per heavy atom. The molecule has 0 bridgehead atoms. The lowest BCUT2D eigenvalue weighted by molar-refractivity contribution is 0.0949. The first-order valence-electron chi connectivity index (χ1n) is 10.2. The zero-order valence-corrected chi connectivity index (χ0v) is 17.1. The number of nitrogens with one attached hydrogen (secondary N) is 1. The van der Waals surface area contributed by atoms with Gasteiger partial charge in [-0.1, -0.05) is 31.2 Å². The highest BCUT2D eigenvalue weighted by Gasteiger charge is 2.22. The minimum atomic E-state index is -0.484. The second-order valence-corrected chi connectivity index (χ2v) is 7.53. The number of fused-ring (bicyclic) bond motifs is 2. The van der Waals surface area contributed by atoms with Crippen molar-refractivity contribution in [1.82, 2.24) is 15.2 Å². The molecule has 0 fully saturated rings. The average molecular weight is 404 g/mol. The molecular weight excluding hydrogens is 380 g/mol. The van der Waals surface area contributed by atoms with E-state index < -0.39 is 5.91 Å². The van der Waals surface area contributed by atoms with Crippen molar-refractivity contribution in [2.75, 3.05) is 0 Å². The number of nitrogens with zero attached hydrogens (tertiary/aromatic N) is 3. The van der Waals surface area contributed by atoms with Gasteiger partial charge in [0.1, 0.15) is 5.75 Å². The van der Waals surface area contributed by atoms with Crippen molar-refractivity contribution in [2.45, 2.75) is 46.1 Å². The number of hydrogen-bond donors (Lipinski definition) is 2. The topological polar surface area (TPSA) is 96.6 Å². The number of aryl methyl sites for hydroxylation is 2. The quantitative estimate of drug-likeness (QED) is 0.652. The molecular formula is C23H24N4O3. The van der Waals surface area contributed by atoms with Crippen molar-refractivity contribution >= 4 is 22.4 Å². The van der Waals surface area contributed by atoms with Crippen LogP contribution in [0.5, 0.6) is 5.75 Å². The molecule has 154 valence electrons.